The van der Waals surface area contributed by atoms with Gasteiger partial charge in [-0.15, -0.1) is 11.3 Å². The van der Waals surface area contributed by atoms with Crippen LogP contribution in [0.5, 0.6) is 11.5 Å². The number of hydrogen-bond acceptors (Lipinski definition) is 6. The van der Waals surface area contributed by atoms with Crippen molar-refractivity contribution in [2.75, 3.05) is 6.79 Å². The third-order valence-electron chi connectivity index (χ3n) is 3.98. The van der Waals surface area contributed by atoms with Gasteiger partial charge in [0.2, 0.25) is 6.79 Å². The predicted octanol–water partition coefficient (Wildman–Crippen LogP) is 3.32. The monoisotopic (exact) mass is 369 g/mol. The first-order valence-corrected chi connectivity index (χ1v) is 9.16. The summed E-state index contributed by atoms with van der Waals surface area (Å²) in [5, 5.41) is 0.396. The highest BCUT2D eigenvalue weighted by molar-refractivity contribution is 7.20. The maximum Gasteiger partial charge on any atom is 0.308 e. The fourth-order valence-corrected chi connectivity index (χ4v) is 4.60. The van der Waals surface area contributed by atoms with Gasteiger partial charge in [-0.1, -0.05) is 23.5 Å². The lowest BCUT2D eigenvalue weighted by molar-refractivity contribution is 0.0998. The van der Waals surface area contributed by atoms with E-state index in [-0.39, 0.29) is 12.7 Å². The van der Waals surface area contributed by atoms with Gasteiger partial charge in [-0.2, -0.15) is 4.99 Å². The Morgan fingerprint density at radius 1 is 1.16 bits per heavy atom. The van der Waals surface area contributed by atoms with Crippen LogP contribution in [-0.2, 0) is 7.05 Å². The zero-order chi connectivity index (χ0) is 17.0. The Labute approximate surface area is 149 Å². The predicted molar refractivity (Wildman–Crippen MR) is 96.4 cm³/mol. The van der Waals surface area contributed by atoms with Crippen LogP contribution in [0.1, 0.15) is 9.80 Å². The number of carbonyl (C=O) groups is 1. The zero-order valence-corrected chi connectivity index (χ0v) is 14.7. The maximum absolute atomic E-state index is 12.5. The number of ether oxygens (including phenoxy) is 2. The number of amides is 1. The van der Waals surface area contributed by atoms with E-state index < -0.39 is 0 Å². The summed E-state index contributed by atoms with van der Waals surface area (Å²) in [7, 11) is 1.88. The molecule has 0 spiro atoms. The molecule has 6 nitrogen and oxygen atoms in total. The van der Waals surface area contributed by atoms with Crippen LogP contribution >= 0.6 is 22.7 Å². The second-order valence-electron chi connectivity index (χ2n) is 5.52. The SMILES string of the molecule is Cn1c(=NC(=O)c2nc3ccccc3s2)sc2cc3c(cc21)OCO3. The molecule has 124 valence electrons. The molecule has 0 fully saturated rings. The minimum Gasteiger partial charge on any atom is -0.454 e. The summed E-state index contributed by atoms with van der Waals surface area (Å²) in [6, 6.07) is 11.5. The van der Waals surface area contributed by atoms with Gasteiger partial charge in [0.25, 0.3) is 0 Å². The lowest BCUT2D eigenvalue weighted by Crippen LogP contribution is -2.13. The number of aromatic nitrogens is 2. The van der Waals surface area contributed by atoms with Gasteiger partial charge in [0, 0.05) is 19.2 Å². The first kappa shape index (κ1) is 14.6. The number of hydrogen-bond donors (Lipinski definition) is 0. The Morgan fingerprint density at radius 3 is 2.80 bits per heavy atom. The number of para-hydroxylation sites is 1. The summed E-state index contributed by atoms with van der Waals surface area (Å²) < 4.78 is 14.7. The topological polar surface area (TPSA) is 65.7 Å². The Hall–Kier alpha value is -2.71. The van der Waals surface area contributed by atoms with E-state index in [4.69, 9.17) is 9.47 Å². The van der Waals surface area contributed by atoms with Crippen LogP contribution in [0.15, 0.2) is 41.4 Å². The second kappa shape index (κ2) is 5.40. The van der Waals surface area contributed by atoms with Crippen LogP contribution < -0.4 is 14.3 Å². The minimum absolute atomic E-state index is 0.240. The van der Waals surface area contributed by atoms with E-state index >= 15 is 0 Å². The van der Waals surface area contributed by atoms with Crippen molar-refractivity contribution in [3.8, 4) is 11.5 Å². The van der Waals surface area contributed by atoms with Crippen LogP contribution in [0, 0.1) is 0 Å². The summed E-state index contributed by atoms with van der Waals surface area (Å²) >= 11 is 2.79. The number of fused-ring (bicyclic) bond motifs is 3. The highest BCUT2D eigenvalue weighted by Crippen LogP contribution is 2.36. The van der Waals surface area contributed by atoms with Gasteiger partial charge in [0.05, 0.1) is 20.4 Å². The molecule has 8 heteroatoms. The molecule has 3 heterocycles. The van der Waals surface area contributed by atoms with Gasteiger partial charge in [-0.05, 0) is 12.1 Å². The van der Waals surface area contributed by atoms with E-state index in [9.17, 15) is 4.79 Å². The average molecular weight is 369 g/mol. The molecule has 2 aromatic heterocycles. The van der Waals surface area contributed by atoms with E-state index in [1.54, 1.807) is 0 Å². The van der Waals surface area contributed by atoms with Crippen LogP contribution in [0.4, 0.5) is 0 Å². The second-order valence-corrected chi connectivity index (χ2v) is 7.56. The number of nitrogens with zero attached hydrogens (tertiary/aromatic N) is 3. The van der Waals surface area contributed by atoms with Crippen LogP contribution in [0.3, 0.4) is 0 Å². The van der Waals surface area contributed by atoms with Gasteiger partial charge < -0.3 is 14.0 Å². The van der Waals surface area contributed by atoms with Crippen LogP contribution in [0.25, 0.3) is 20.4 Å². The standard InChI is InChI=1S/C17H11N3O3S2/c1-20-10-6-11-12(23-8-22-11)7-14(10)25-17(20)19-15(21)16-18-9-4-2-3-5-13(9)24-16/h2-7H,8H2,1H3. The minimum atomic E-state index is -0.330. The molecule has 0 bridgehead atoms. The van der Waals surface area contributed by atoms with Crippen molar-refractivity contribution in [1.29, 1.82) is 0 Å². The fraction of sp³-hybridized carbons (Fsp3) is 0.118. The molecule has 5 rings (SSSR count). The molecule has 25 heavy (non-hydrogen) atoms. The van der Waals surface area contributed by atoms with E-state index in [2.05, 4.69) is 9.98 Å². The van der Waals surface area contributed by atoms with Crippen molar-refractivity contribution in [2.45, 2.75) is 0 Å². The molecule has 0 N–H and O–H groups in total. The summed E-state index contributed by atoms with van der Waals surface area (Å²) in [5.74, 6) is 1.10. The third-order valence-corrected chi connectivity index (χ3v) is 6.10. The molecule has 0 aliphatic carbocycles. The molecule has 0 saturated heterocycles. The van der Waals surface area contributed by atoms with E-state index in [1.165, 1.54) is 22.7 Å². The highest BCUT2D eigenvalue weighted by atomic mass is 32.1. The number of rotatable bonds is 1. The zero-order valence-electron chi connectivity index (χ0n) is 13.1. The molecule has 0 atom stereocenters. The molecule has 1 aliphatic heterocycles. The van der Waals surface area contributed by atoms with Crippen LogP contribution in [0.2, 0.25) is 0 Å². The lowest BCUT2D eigenvalue weighted by Gasteiger charge is -1.98. The summed E-state index contributed by atoms with van der Waals surface area (Å²) in [5.41, 5.74) is 1.77. The molecular formula is C17H11N3O3S2. The number of benzene rings is 2. The molecular weight excluding hydrogens is 358 g/mol. The lowest BCUT2D eigenvalue weighted by atomic mass is 10.3. The Balaban J connectivity index is 1.62. The molecule has 0 radical (unpaired) electrons. The van der Waals surface area contributed by atoms with Crippen molar-refractivity contribution in [3.63, 3.8) is 0 Å². The molecule has 0 unspecified atom stereocenters. The fourth-order valence-electron chi connectivity index (χ4n) is 2.72. The van der Waals surface area contributed by atoms with Gasteiger partial charge >= 0.3 is 5.91 Å². The van der Waals surface area contributed by atoms with E-state index in [1.807, 2.05) is 48.0 Å². The largest absolute Gasteiger partial charge is 0.454 e. The number of thiazole rings is 2. The third kappa shape index (κ3) is 2.33. The molecule has 2 aromatic carbocycles. The van der Waals surface area contributed by atoms with Gasteiger partial charge in [-0.25, -0.2) is 4.98 Å². The van der Waals surface area contributed by atoms with Crippen molar-refractivity contribution in [3.05, 3.63) is 46.2 Å². The Morgan fingerprint density at radius 2 is 1.96 bits per heavy atom. The van der Waals surface area contributed by atoms with Crippen molar-refractivity contribution < 1.29 is 14.3 Å². The van der Waals surface area contributed by atoms with Crippen molar-refractivity contribution >= 4 is 49.0 Å². The molecule has 1 aliphatic rings. The summed E-state index contributed by atoms with van der Waals surface area (Å²) in [6.07, 6.45) is 0. The van der Waals surface area contributed by atoms with Gasteiger partial charge in [-0.3, -0.25) is 4.79 Å². The average Bonchev–Trinajstić information content (AvgIpc) is 3.31. The first-order valence-electron chi connectivity index (χ1n) is 7.53. The smallest absolute Gasteiger partial charge is 0.308 e. The van der Waals surface area contributed by atoms with E-state index in [0.29, 0.717) is 15.6 Å². The normalized spacial score (nSPS) is 13.9. The van der Waals surface area contributed by atoms with Gasteiger partial charge in [0.15, 0.2) is 21.3 Å². The number of carbonyl (C=O) groups excluding carboxylic acids is 1. The molecule has 0 saturated carbocycles. The first-order chi connectivity index (χ1) is 12.2. The number of aryl methyl sites for hydroxylation is 1. The molecule has 1 amide bonds. The highest BCUT2D eigenvalue weighted by Gasteiger charge is 2.17. The summed E-state index contributed by atoms with van der Waals surface area (Å²) in [4.78, 5) is 21.8. The van der Waals surface area contributed by atoms with E-state index in [0.717, 1.165) is 26.2 Å². The van der Waals surface area contributed by atoms with Gasteiger partial charge in [0.1, 0.15) is 0 Å². The van der Waals surface area contributed by atoms with Crippen molar-refractivity contribution in [2.24, 2.45) is 12.0 Å². The molecule has 4 aromatic rings. The quantitative estimate of drug-likeness (QED) is 0.516. The van der Waals surface area contributed by atoms with Crippen LogP contribution in [-0.4, -0.2) is 22.3 Å². The summed E-state index contributed by atoms with van der Waals surface area (Å²) in [6.45, 7) is 0.240. The Bertz CT molecular complexity index is 1190. The Kier molecular flexibility index (Phi) is 3.16. The maximum atomic E-state index is 12.5. The van der Waals surface area contributed by atoms with Crippen molar-refractivity contribution in [1.82, 2.24) is 9.55 Å².